The van der Waals surface area contributed by atoms with E-state index in [-0.39, 0.29) is 17.1 Å². The number of anilines is 2. The molecule has 0 saturated heterocycles. The van der Waals surface area contributed by atoms with E-state index in [9.17, 15) is 17.6 Å². The van der Waals surface area contributed by atoms with Gasteiger partial charge in [-0.1, -0.05) is 19.1 Å². The molecule has 1 amide bonds. The monoisotopic (exact) mass is 402 g/mol. The SMILES string of the molecule is CCCS(=O)(=O)Nc1ccc(NC(=O)c2ccn(-c3ccccc3F)n2)cc1. The molecule has 0 fully saturated rings. The lowest BCUT2D eigenvalue weighted by atomic mass is 10.3. The van der Waals surface area contributed by atoms with E-state index in [2.05, 4.69) is 15.1 Å². The number of rotatable bonds is 7. The molecule has 1 heterocycles. The van der Waals surface area contributed by atoms with Crippen molar-refractivity contribution >= 4 is 27.3 Å². The molecule has 0 saturated carbocycles. The Labute approximate surface area is 162 Å². The van der Waals surface area contributed by atoms with Crippen LogP contribution in [0.15, 0.2) is 60.8 Å². The summed E-state index contributed by atoms with van der Waals surface area (Å²) >= 11 is 0. The summed E-state index contributed by atoms with van der Waals surface area (Å²) in [6, 6.07) is 13.9. The van der Waals surface area contributed by atoms with Crippen molar-refractivity contribution in [1.29, 1.82) is 0 Å². The smallest absolute Gasteiger partial charge is 0.276 e. The number of hydrogen-bond acceptors (Lipinski definition) is 4. The van der Waals surface area contributed by atoms with Crippen LogP contribution in [0.5, 0.6) is 0 Å². The Bertz CT molecular complexity index is 1080. The van der Waals surface area contributed by atoms with Crippen molar-refractivity contribution in [1.82, 2.24) is 9.78 Å². The molecule has 146 valence electrons. The summed E-state index contributed by atoms with van der Waals surface area (Å²) < 4.78 is 41.1. The minimum Gasteiger partial charge on any atom is -0.321 e. The molecule has 0 aliphatic heterocycles. The van der Waals surface area contributed by atoms with E-state index in [1.54, 1.807) is 49.4 Å². The van der Waals surface area contributed by atoms with Crippen LogP contribution in [-0.2, 0) is 10.0 Å². The van der Waals surface area contributed by atoms with Gasteiger partial charge in [-0.05, 0) is 48.9 Å². The third kappa shape index (κ3) is 4.74. The predicted octanol–water partition coefficient (Wildman–Crippen LogP) is 3.42. The van der Waals surface area contributed by atoms with Gasteiger partial charge in [0.05, 0.1) is 5.75 Å². The minimum atomic E-state index is -3.37. The average Bonchev–Trinajstić information content (AvgIpc) is 3.13. The van der Waals surface area contributed by atoms with E-state index in [0.717, 1.165) is 0 Å². The zero-order valence-corrected chi connectivity index (χ0v) is 15.9. The van der Waals surface area contributed by atoms with Gasteiger partial charge in [0.25, 0.3) is 5.91 Å². The first-order valence-corrected chi connectivity index (χ1v) is 10.3. The Balaban J connectivity index is 1.68. The number of amides is 1. The fourth-order valence-electron chi connectivity index (χ4n) is 2.53. The Kier molecular flexibility index (Phi) is 5.74. The molecule has 0 atom stereocenters. The number of nitrogens with one attached hydrogen (secondary N) is 2. The Morgan fingerprint density at radius 2 is 1.75 bits per heavy atom. The van der Waals surface area contributed by atoms with E-state index in [0.29, 0.717) is 17.8 Å². The van der Waals surface area contributed by atoms with Crippen molar-refractivity contribution in [3.05, 3.63) is 72.3 Å². The molecular weight excluding hydrogens is 383 g/mol. The highest BCUT2D eigenvalue weighted by Gasteiger charge is 2.13. The number of nitrogens with zero attached hydrogens (tertiary/aromatic N) is 2. The Hall–Kier alpha value is -3.20. The minimum absolute atomic E-state index is 0.0379. The van der Waals surface area contributed by atoms with E-state index in [1.165, 1.54) is 23.0 Å². The van der Waals surface area contributed by atoms with Gasteiger partial charge in [0.1, 0.15) is 11.5 Å². The molecular formula is C19H19FN4O3S. The summed E-state index contributed by atoms with van der Waals surface area (Å²) in [6.45, 7) is 1.78. The van der Waals surface area contributed by atoms with Crippen molar-refractivity contribution in [3.63, 3.8) is 0 Å². The molecule has 28 heavy (non-hydrogen) atoms. The molecule has 7 nitrogen and oxygen atoms in total. The number of benzene rings is 2. The normalized spacial score (nSPS) is 11.2. The highest BCUT2D eigenvalue weighted by molar-refractivity contribution is 7.92. The molecule has 0 bridgehead atoms. The van der Waals surface area contributed by atoms with E-state index in [1.807, 2.05) is 0 Å². The molecule has 0 aliphatic rings. The van der Waals surface area contributed by atoms with E-state index >= 15 is 0 Å². The molecule has 0 aliphatic carbocycles. The number of halogens is 1. The zero-order valence-electron chi connectivity index (χ0n) is 15.1. The first-order chi connectivity index (χ1) is 13.4. The lowest BCUT2D eigenvalue weighted by Crippen LogP contribution is -2.16. The lowest BCUT2D eigenvalue weighted by Gasteiger charge is -2.08. The van der Waals surface area contributed by atoms with Crippen LogP contribution in [0.2, 0.25) is 0 Å². The summed E-state index contributed by atoms with van der Waals surface area (Å²) in [4.78, 5) is 12.4. The third-order valence-corrected chi connectivity index (χ3v) is 5.30. The number of aromatic nitrogens is 2. The first-order valence-electron chi connectivity index (χ1n) is 8.60. The average molecular weight is 402 g/mol. The topological polar surface area (TPSA) is 93.1 Å². The van der Waals surface area contributed by atoms with Gasteiger partial charge in [-0.25, -0.2) is 17.5 Å². The number of carbonyl (C=O) groups is 1. The maximum Gasteiger partial charge on any atom is 0.276 e. The second-order valence-corrected chi connectivity index (χ2v) is 7.89. The van der Waals surface area contributed by atoms with Crippen molar-refractivity contribution < 1.29 is 17.6 Å². The predicted molar refractivity (Wildman–Crippen MR) is 106 cm³/mol. The molecule has 0 unspecified atom stereocenters. The molecule has 3 aromatic rings. The number of carbonyl (C=O) groups excluding carboxylic acids is 1. The highest BCUT2D eigenvalue weighted by atomic mass is 32.2. The van der Waals surface area contributed by atoms with Crippen LogP contribution < -0.4 is 10.0 Å². The van der Waals surface area contributed by atoms with Crippen molar-refractivity contribution in [3.8, 4) is 5.69 Å². The van der Waals surface area contributed by atoms with Gasteiger partial charge in [-0.15, -0.1) is 0 Å². The second kappa shape index (κ2) is 8.22. The summed E-state index contributed by atoms with van der Waals surface area (Å²) in [5.74, 6) is -0.871. The summed E-state index contributed by atoms with van der Waals surface area (Å²) in [7, 11) is -3.37. The van der Waals surface area contributed by atoms with Crippen LogP contribution in [0.4, 0.5) is 15.8 Å². The quantitative estimate of drug-likeness (QED) is 0.633. The van der Waals surface area contributed by atoms with Crippen LogP contribution >= 0.6 is 0 Å². The molecule has 2 N–H and O–H groups in total. The van der Waals surface area contributed by atoms with Gasteiger partial charge >= 0.3 is 0 Å². The number of sulfonamides is 1. The van der Waals surface area contributed by atoms with Gasteiger partial charge in [0.2, 0.25) is 10.0 Å². The Morgan fingerprint density at radius 3 is 2.43 bits per heavy atom. The van der Waals surface area contributed by atoms with Crippen molar-refractivity contribution in [2.45, 2.75) is 13.3 Å². The summed E-state index contributed by atoms with van der Waals surface area (Å²) in [6.07, 6.45) is 2.02. The highest BCUT2D eigenvalue weighted by Crippen LogP contribution is 2.17. The van der Waals surface area contributed by atoms with Gasteiger partial charge in [0.15, 0.2) is 5.69 Å². The van der Waals surface area contributed by atoms with Crippen LogP contribution in [0, 0.1) is 5.82 Å². The fourth-order valence-corrected chi connectivity index (χ4v) is 3.67. The van der Waals surface area contributed by atoms with Crippen LogP contribution in [0.3, 0.4) is 0 Å². The van der Waals surface area contributed by atoms with E-state index < -0.39 is 21.7 Å². The molecule has 2 aromatic carbocycles. The third-order valence-electron chi connectivity index (χ3n) is 3.81. The standard InChI is InChI=1S/C19H19FN4O3S/c1-2-13-28(26,27)23-15-9-7-14(8-10-15)21-19(25)17-11-12-24(22-17)18-6-4-3-5-16(18)20/h3-12,23H,2,13H2,1H3,(H,21,25). The maximum absolute atomic E-state index is 13.8. The second-order valence-electron chi connectivity index (χ2n) is 6.05. The number of hydrogen-bond donors (Lipinski definition) is 2. The first kappa shape index (κ1) is 19.6. The van der Waals surface area contributed by atoms with Crippen LogP contribution in [0.1, 0.15) is 23.8 Å². The summed E-state index contributed by atoms with van der Waals surface area (Å²) in [5.41, 5.74) is 1.25. The van der Waals surface area contributed by atoms with Gasteiger partial charge in [-0.2, -0.15) is 5.10 Å². The summed E-state index contributed by atoms with van der Waals surface area (Å²) in [5, 5.41) is 6.76. The molecule has 0 spiro atoms. The van der Waals surface area contributed by atoms with Gasteiger partial charge in [-0.3, -0.25) is 9.52 Å². The lowest BCUT2D eigenvalue weighted by molar-refractivity contribution is 0.102. The van der Waals surface area contributed by atoms with Crippen molar-refractivity contribution in [2.75, 3.05) is 15.8 Å². The van der Waals surface area contributed by atoms with E-state index in [4.69, 9.17) is 0 Å². The van der Waals surface area contributed by atoms with Crippen LogP contribution in [-0.4, -0.2) is 29.9 Å². The maximum atomic E-state index is 13.8. The number of para-hydroxylation sites is 1. The molecule has 3 rings (SSSR count). The molecule has 0 radical (unpaired) electrons. The van der Waals surface area contributed by atoms with Gasteiger partial charge < -0.3 is 5.32 Å². The molecule has 1 aromatic heterocycles. The largest absolute Gasteiger partial charge is 0.321 e. The fraction of sp³-hybridized carbons (Fsp3) is 0.158. The zero-order chi connectivity index (χ0) is 20.1. The van der Waals surface area contributed by atoms with Crippen LogP contribution in [0.25, 0.3) is 5.69 Å². The van der Waals surface area contributed by atoms with Gasteiger partial charge in [0, 0.05) is 17.6 Å². The molecule has 9 heteroatoms. The van der Waals surface area contributed by atoms with Crippen molar-refractivity contribution in [2.24, 2.45) is 0 Å². The Morgan fingerprint density at radius 1 is 1.07 bits per heavy atom.